The van der Waals surface area contributed by atoms with Gasteiger partial charge in [-0.05, 0) is 37.3 Å². The Hall–Kier alpha value is -3.46. The first kappa shape index (κ1) is 21.8. The van der Waals surface area contributed by atoms with E-state index in [0.717, 1.165) is 4.90 Å². The molecule has 0 bridgehead atoms. The number of carbonyl (C=O) groups excluding carboxylic acids is 2. The topological polar surface area (TPSA) is 78.9 Å². The summed E-state index contributed by atoms with van der Waals surface area (Å²) in [6, 6.07) is 10.7. The monoisotopic (exact) mass is 443 g/mol. The zero-order valence-electron chi connectivity index (χ0n) is 17.7. The van der Waals surface area contributed by atoms with Crippen LogP contribution < -0.4 is 15.1 Å². The maximum Gasteiger partial charge on any atom is 0.356 e. The number of nitrogens with zero attached hydrogens (tertiary/aromatic N) is 1. The van der Waals surface area contributed by atoms with Crippen molar-refractivity contribution in [3.63, 3.8) is 0 Å². The van der Waals surface area contributed by atoms with E-state index in [-0.39, 0.29) is 36.3 Å². The molecule has 1 aliphatic heterocycles. The summed E-state index contributed by atoms with van der Waals surface area (Å²) in [4.78, 5) is 31.1. The molecule has 168 valence electrons. The van der Waals surface area contributed by atoms with Gasteiger partial charge in [-0.3, -0.25) is 4.79 Å². The molecule has 4 rings (SSSR count). The summed E-state index contributed by atoms with van der Waals surface area (Å²) < 4.78 is 32.9. The van der Waals surface area contributed by atoms with Gasteiger partial charge in [0.1, 0.15) is 17.3 Å². The minimum absolute atomic E-state index is 0.0835. The molecule has 1 amide bonds. The molecule has 3 aromatic rings. The summed E-state index contributed by atoms with van der Waals surface area (Å²) in [6.45, 7) is 4.60. The average molecular weight is 443 g/mol. The molecule has 9 heteroatoms. The van der Waals surface area contributed by atoms with Gasteiger partial charge in [-0.2, -0.15) is 0 Å². The summed E-state index contributed by atoms with van der Waals surface area (Å²) in [7, 11) is 0. The Kier molecular flexibility index (Phi) is 6.36. The Labute approximate surface area is 183 Å². The zero-order chi connectivity index (χ0) is 22.7. The number of aromatic nitrogens is 1. The van der Waals surface area contributed by atoms with Crippen molar-refractivity contribution < 1.29 is 28.0 Å². The first-order valence-corrected chi connectivity index (χ1v) is 10.6. The molecule has 1 aromatic heterocycles. The van der Waals surface area contributed by atoms with Gasteiger partial charge in [0.25, 0.3) is 5.91 Å². The van der Waals surface area contributed by atoms with E-state index in [0.29, 0.717) is 42.8 Å². The van der Waals surface area contributed by atoms with Crippen molar-refractivity contribution in [1.82, 2.24) is 4.98 Å². The molecule has 0 saturated carbocycles. The van der Waals surface area contributed by atoms with Crippen molar-refractivity contribution in [2.24, 2.45) is 0 Å². The first-order valence-electron chi connectivity index (χ1n) is 10.6. The number of rotatable bonds is 6. The number of halogens is 2. The highest BCUT2D eigenvalue weighted by Gasteiger charge is 2.26. The molecule has 1 fully saturated rings. The molecule has 2 aromatic carbocycles. The number of esters is 1. The van der Waals surface area contributed by atoms with Crippen molar-refractivity contribution in [2.45, 2.75) is 6.92 Å². The lowest BCUT2D eigenvalue weighted by molar-refractivity contribution is -0.892. The third-order valence-corrected chi connectivity index (χ3v) is 5.58. The quantitative estimate of drug-likeness (QED) is 0.509. The number of ether oxygens (including phenoxy) is 1. The predicted octanol–water partition coefficient (Wildman–Crippen LogP) is 1.97. The maximum absolute atomic E-state index is 14.0. The van der Waals surface area contributed by atoms with E-state index >= 15 is 0 Å². The molecule has 1 aliphatic rings. The molecule has 7 nitrogen and oxygen atoms in total. The number of amides is 1. The maximum atomic E-state index is 14.0. The van der Waals surface area contributed by atoms with Crippen molar-refractivity contribution in [2.75, 3.05) is 49.5 Å². The molecular formula is C23H25F2N4O3+. The van der Waals surface area contributed by atoms with Gasteiger partial charge >= 0.3 is 5.97 Å². The SMILES string of the molecule is CCOC(=O)c1[nH]c2ccc(F)cc2c1NC(=O)C[NH+]1CCN(c2ccccc2F)CC1. The summed E-state index contributed by atoms with van der Waals surface area (Å²) in [5, 5.41) is 3.17. The summed E-state index contributed by atoms with van der Waals surface area (Å²) in [5.41, 5.74) is 1.39. The van der Waals surface area contributed by atoms with E-state index in [1.54, 1.807) is 25.1 Å². The molecule has 0 spiro atoms. The van der Waals surface area contributed by atoms with E-state index in [1.165, 1.54) is 24.3 Å². The van der Waals surface area contributed by atoms with E-state index in [2.05, 4.69) is 10.3 Å². The number of anilines is 2. The fourth-order valence-corrected chi connectivity index (χ4v) is 4.01. The molecule has 0 atom stereocenters. The minimum Gasteiger partial charge on any atom is -0.461 e. The van der Waals surface area contributed by atoms with Crippen molar-refractivity contribution >= 4 is 34.2 Å². The van der Waals surface area contributed by atoms with Gasteiger partial charge in [0.15, 0.2) is 6.54 Å². The largest absolute Gasteiger partial charge is 0.461 e. The number of fused-ring (bicyclic) bond motifs is 1. The van der Waals surface area contributed by atoms with Crippen LogP contribution in [0.3, 0.4) is 0 Å². The molecular weight excluding hydrogens is 418 g/mol. The zero-order valence-corrected chi connectivity index (χ0v) is 17.7. The van der Waals surface area contributed by atoms with E-state index in [1.807, 2.05) is 4.90 Å². The van der Waals surface area contributed by atoms with Crippen LogP contribution in [0.25, 0.3) is 10.9 Å². The van der Waals surface area contributed by atoms with E-state index in [4.69, 9.17) is 4.74 Å². The van der Waals surface area contributed by atoms with Crippen LogP contribution in [0.1, 0.15) is 17.4 Å². The van der Waals surface area contributed by atoms with Crippen molar-refractivity contribution in [1.29, 1.82) is 0 Å². The fraction of sp³-hybridized carbons (Fsp3) is 0.304. The number of quaternary nitrogens is 1. The van der Waals surface area contributed by atoms with Crippen LogP contribution in [0.2, 0.25) is 0 Å². The number of nitrogens with one attached hydrogen (secondary N) is 3. The number of carbonyl (C=O) groups is 2. The molecule has 32 heavy (non-hydrogen) atoms. The smallest absolute Gasteiger partial charge is 0.356 e. The summed E-state index contributed by atoms with van der Waals surface area (Å²) >= 11 is 0. The van der Waals surface area contributed by atoms with E-state index in [9.17, 15) is 18.4 Å². The standard InChI is InChI=1S/C23H24F2N4O3/c1-2-32-23(31)22-21(16-13-15(24)7-8-18(16)26-22)27-20(30)14-28-9-11-29(12-10-28)19-6-4-3-5-17(19)25/h3-8,13,26H,2,9-12,14H2,1H3,(H,27,30)/p+1. The second-order valence-corrected chi connectivity index (χ2v) is 7.70. The molecule has 0 aliphatic carbocycles. The first-order chi connectivity index (χ1) is 15.5. The third kappa shape index (κ3) is 4.57. The van der Waals surface area contributed by atoms with Crippen molar-refractivity contribution in [3.05, 3.63) is 59.8 Å². The van der Waals surface area contributed by atoms with Crippen LogP contribution in [-0.2, 0) is 9.53 Å². The number of hydrogen-bond donors (Lipinski definition) is 3. The van der Waals surface area contributed by atoms with Gasteiger partial charge in [-0.25, -0.2) is 13.6 Å². The van der Waals surface area contributed by atoms with Crippen LogP contribution in [0.15, 0.2) is 42.5 Å². The Morgan fingerprint density at radius 2 is 1.91 bits per heavy atom. The van der Waals surface area contributed by atoms with Gasteiger partial charge in [0.05, 0.1) is 44.2 Å². The minimum atomic E-state index is -0.620. The highest BCUT2D eigenvalue weighted by atomic mass is 19.1. The number of aromatic amines is 1. The van der Waals surface area contributed by atoms with Crippen molar-refractivity contribution in [3.8, 4) is 0 Å². The van der Waals surface area contributed by atoms with Gasteiger partial charge in [-0.15, -0.1) is 0 Å². The molecule has 0 radical (unpaired) electrons. The van der Waals surface area contributed by atoms with Crippen LogP contribution in [0.4, 0.5) is 20.2 Å². The molecule has 2 heterocycles. The Balaban J connectivity index is 1.44. The summed E-state index contributed by atoms with van der Waals surface area (Å²) in [6.07, 6.45) is 0. The molecule has 0 unspecified atom stereocenters. The lowest BCUT2D eigenvalue weighted by atomic mass is 10.2. The van der Waals surface area contributed by atoms with Gasteiger partial charge in [0, 0.05) is 10.9 Å². The van der Waals surface area contributed by atoms with Crippen LogP contribution in [0.5, 0.6) is 0 Å². The molecule has 1 saturated heterocycles. The second-order valence-electron chi connectivity index (χ2n) is 7.70. The van der Waals surface area contributed by atoms with Gasteiger partial charge in [-0.1, -0.05) is 12.1 Å². The summed E-state index contributed by atoms with van der Waals surface area (Å²) in [5.74, 6) is -1.65. The number of para-hydroxylation sites is 1. The van der Waals surface area contributed by atoms with Crippen LogP contribution in [0, 0.1) is 11.6 Å². The fourth-order valence-electron chi connectivity index (χ4n) is 4.01. The third-order valence-electron chi connectivity index (χ3n) is 5.58. The Morgan fingerprint density at radius 1 is 1.16 bits per heavy atom. The Bertz CT molecular complexity index is 1140. The predicted molar refractivity (Wildman–Crippen MR) is 117 cm³/mol. The number of piperazine rings is 1. The normalized spacial score (nSPS) is 14.5. The number of benzene rings is 2. The van der Waals surface area contributed by atoms with Crippen LogP contribution >= 0.6 is 0 Å². The Morgan fingerprint density at radius 3 is 2.62 bits per heavy atom. The highest BCUT2D eigenvalue weighted by molar-refractivity contribution is 6.11. The molecule has 3 N–H and O–H groups in total. The number of H-pyrrole nitrogens is 1. The van der Waals surface area contributed by atoms with E-state index < -0.39 is 11.8 Å². The highest BCUT2D eigenvalue weighted by Crippen LogP contribution is 2.29. The van der Waals surface area contributed by atoms with Gasteiger partial charge in [0.2, 0.25) is 0 Å². The second kappa shape index (κ2) is 9.35. The average Bonchev–Trinajstić information content (AvgIpc) is 3.12. The van der Waals surface area contributed by atoms with Crippen LogP contribution in [-0.4, -0.2) is 56.2 Å². The number of hydrogen-bond acceptors (Lipinski definition) is 4. The lowest BCUT2D eigenvalue weighted by Gasteiger charge is -2.33. The van der Waals surface area contributed by atoms with Gasteiger partial charge < -0.3 is 24.8 Å². The lowest BCUT2D eigenvalue weighted by Crippen LogP contribution is -3.15.